The highest BCUT2D eigenvalue weighted by Crippen LogP contribution is 2.38. The second kappa shape index (κ2) is 10.6. The van der Waals surface area contributed by atoms with Crippen LogP contribution in [0, 0.1) is 0 Å². The minimum absolute atomic E-state index is 0.170. The van der Waals surface area contributed by atoms with Crippen molar-refractivity contribution in [2.24, 2.45) is 9.98 Å². The molecular formula is C25H28ClN3O3S. The van der Waals surface area contributed by atoms with Crippen LogP contribution in [0.5, 0.6) is 11.5 Å². The molecule has 1 amide bonds. The molecule has 174 valence electrons. The van der Waals surface area contributed by atoms with Crippen LogP contribution in [0.3, 0.4) is 0 Å². The molecule has 4 rings (SSSR count). The lowest BCUT2D eigenvalue weighted by Crippen LogP contribution is -2.20. The molecule has 6 nitrogen and oxygen atoms in total. The van der Waals surface area contributed by atoms with Crippen molar-refractivity contribution in [2.75, 3.05) is 25.3 Å². The second-order valence-corrected chi connectivity index (χ2v) is 9.54. The van der Waals surface area contributed by atoms with Gasteiger partial charge in [0, 0.05) is 11.6 Å². The van der Waals surface area contributed by atoms with Gasteiger partial charge in [-0.1, -0.05) is 66.5 Å². The number of anilines is 1. The number of hydrogen-bond acceptors (Lipinski definition) is 6. The number of carbonyl (C=O) groups excluding carboxylic acids is 1. The smallest absolute Gasteiger partial charge is 0.234 e. The van der Waals surface area contributed by atoms with Crippen LogP contribution in [-0.4, -0.2) is 42.3 Å². The Hall–Kier alpha value is -2.51. The zero-order valence-electron chi connectivity index (χ0n) is 18.9. The number of carbonyl (C=O) groups is 1. The van der Waals surface area contributed by atoms with Gasteiger partial charge in [-0.2, -0.15) is 0 Å². The maximum Gasteiger partial charge on any atom is 0.234 e. The molecule has 0 radical (unpaired) electrons. The summed E-state index contributed by atoms with van der Waals surface area (Å²) in [6, 6.07) is 13.4. The van der Waals surface area contributed by atoms with Gasteiger partial charge < -0.3 is 14.8 Å². The summed E-state index contributed by atoms with van der Waals surface area (Å²) in [7, 11) is 3.07. The number of nitrogens with zero attached hydrogens (tertiary/aromatic N) is 2. The van der Waals surface area contributed by atoms with Gasteiger partial charge >= 0.3 is 0 Å². The first kappa shape index (κ1) is 23.6. The predicted molar refractivity (Wildman–Crippen MR) is 136 cm³/mol. The molecule has 1 aliphatic carbocycles. The van der Waals surface area contributed by atoms with Gasteiger partial charge in [-0.05, 0) is 31.7 Å². The Bertz CT molecular complexity index is 1060. The summed E-state index contributed by atoms with van der Waals surface area (Å²) in [6.45, 7) is 0. The van der Waals surface area contributed by atoms with Crippen molar-refractivity contribution in [2.45, 2.75) is 44.2 Å². The van der Waals surface area contributed by atoms with E-state index in [1.165, 1.54) is 38.8 Å². The minimum Gasteiger partial charge on any atom is -0.495 e. The van der Waals surface area contributed by atoms with Gasteiger partial charge in [0.05, 0.1) is 36.4 Å². The van der Waals surface area contributed by atoms with E-state index < -0.39 is 0 Å². The molecular weight excluding hydrogens is 458 g/mol. The fraction of sp³-hybridized carbons (Fsp3) is 0.400. The molecule has 8 heteroatoms. The van der Waals surface area contributed by atoms with E-state index in [-0.39, 0.29) is 17.3 Å². The molecule has 1 saturated carbocycles. The fourth-order valence-electron chi connectivity index (χ4n) is 4.20. The topological polar surface area (TPSA) is 72.3 Å². The summed E-state index contributed by atoms with van der Waals surface area (Å²) in [4.78, 5) is 23.0. The number of halogens is 1. The first-order valence-corrected chi connectivity index (χ1v) is 12.5. The van der Waals surface area contributed by atoms with E-state index in [1.807, 2.05) is 18.2 Å². The van der Waals surface area contributed by atoms with Crippen LogP contribution in [-0.2, 0) is 4.79 Å². The van der Waals surface area contributed by atoms with Gasteiger partial charge in [-0.15, -0.1) is 0 Å². The van der Waals surface area contributed by atoms with E-state index in [1.54, 1.807) is 12.1 Å². The lowest BCUT2D eigenvalue weighted by molar-refractivity contribution is -0.113. The molecule has 33 heavy (non-hydrogen) atoms. The minimum atomic E-state index is -0.382. The normalized spacial score (nSPS) is 17.2. The Morgan fingerprint density at radius 2 is 1.73 bits per heavy atom. The van der Waals surface area contributed by atoms with Gasteiger partial charge in [-0.25, -0.2) is 4.99 Å². The van der Waals surface area contributed by atoms with Crippen molar-refractivity contribution >= 4 is 45.7 Å². The molecule has 1 heterocycles. The highest BCUT2D eigenvalue weighted by atomic mass is 35.5. The number of methoxy groups -OCH3 is 2. The number of nitrogens with one attached hydrogen (secondary N) is 1. The largest absolute Gasteiger partial charge is 0.495 e. The van der Waals surface area contributed by atoms with E-state index in [4.69, 9.17) is 31.1 Å². The molecule has 2 aromatic carbocycles. The van der Waals surface area contributed by atoms with E-state index >= 15 is 0 Å². The van der Waals surface area contributed by atoms with Crippen molar-refractivity contribution in [3.05, 3.63) is 53.1 Å². The van der Waals surface area contributed by atoms with Crippen LogP contribution in [0.25, 0.3) is 0 Å². The number of thioether (sulfide) groups is 1. The van der Waals surface area contributed by atoms with E-state index in [0.717, 1.165) is 42.0 Å². The quantitative estimate of drug-likeness (QED) is 0.546. The summed E-state index contributed by atoms with van der Waals surface area (Å²) in [5.41, 5.74) is 2.04. The predicted octanol–water partition coefficient (Wildman–Crippen LogP) is 5.98. The zero-order valence-corrected chi connectivity index (χ0v) is 20.5. The van der Waals surface area contributed by atoms with Crippen molar-refractivity contribution in [1.29, 1.82) is 0 Å². The van der Waals surface area contributed by atoms with Crippen LogP contribution < -0.4 is 14.8 Å². The summed E-state index contributed by atoms with van der Waals surface area (Å²) < 4.78 is 10.6. The average molecular weight is 486 g/mol. The molecule has 1 fully saturated rings. The Morgan fingerprint density at radius 1 is 1.03 bits per heavy atom. The summed E-state index contributed by atoms with van der Waals surface area (Å²) in [5.74, 6) is 1.000. The van der Waals surface area contributed by atoms with E-state index in [9.17, 15) is 4.79 Å². The highest BCUT2D eigenvalue weighted by molar-refractivity contribution is 8.16. The maximum absolute atomic E-state index is 12.8. The third-order valence-corrected chi connectivity index (χ3v) is 7.13. The van der Waals surface area contributed by atoms with Crippen LogP contribution in [0.1, 0.15) is 44.1 Å². The fourth-order valence-corrected chi connectivity index (χ4v) is 5.32. The molecule has 0 aromatic heterocycles. The molecule has 0 unspecified atom stereocenters. The van der Waals surface area contributed by atoms with Crippen molar-refractivity contribution < 1.29 is 14.3 Å². The second-order valence-electron chi connectivity index (χ2n) is 8.16. The molecule has 0 atom stereocenters. The summed E-state index contributed by atoms with van der Waals surface area (Å²) in [5, 5.41) is 4.12. The lowest BCUT2D eigenvalue weighted by atomic mass is 10.0. The molecule has 2 aliphatic rings. The van der Waals surface area contributed by atoms with Gasteiger partial charge in [0.2, 0.25) is 5.91 Å². The number of aliphatic imine (C=N–C) groups is 2. The Kier molecular flexibility index (Phi) is 7.60. The number of rotatable bonds is 6. The van der Waals surface area contributed by atoms with Gasteiger partial charge in [0.15, 0.2) is 5.66 Å². The Balaban J connectivity index is 1.51. The Morgan fingerprint density at radius 3 is 2.39 bits per heavy atom. The van der Waals surface area contributed by atoms with Crippen LogP contribution >= 0.6 is 23.4 Å². The SMILES string of the molecule is COc1cc(OC)c(NC(=O)CSC2=NC3(CCCCCC3)N=C2c2ccccc2)cc1Cl. The van der Waals surface area contributed by atoms with Crippen molar-refractivity contribution in [1.82, 2.24) is 0 Å². The molecule has 1 aliphatic heterocycles. The number of benzene rings is 2. The van der Waals surface area contributed by atoms with Crippen molar-refractivity contribution in [3.63, 3.8) is 0 Å². The molecule has 0 bridgehead atoms. The summed E-state index contributed by atoms with van der Waals surface area (Å²) in [6.07, 6.45) is 6.63. The highest BCUT2D eigenvalue weighted by Gasteiger charge is 2.37. The van der Waals surface area contributed by atoms with E-state index in [2.05, 4.69) is 17.4 Å². The van der Waals surface area contributed by atoms with Crippen LogP contribution in [0.4, 0.5) is 5.69 Å². The average Bonchev–Trinajstić information content (AvgIpc) is 3.03. The number of hydrogen-bond donors (Lipinski definition) is 1. The first-order chi connectivity index (χ1) is 16.0. The third-order valence-electron chi connectivity index (χ3n) is 5.87. The number of amides is 1. The number of ether oxygens (including phenoxy) is 2. The van der Waals surface area contributed by atoms with Crippen LogP contribution in [0.15, 0.2) is 52.4 Å². The molecule has 2 aromatic rings. The first-order valence-electron chi connectivity index (χ1n) is 11.1. The van der Waals surface area contributed by atoms with Gasteiger partial charge in [-0.3, -0.25) is 9.79 Å². The maximum atomic E-state index is 12.8. The van der Waals surface area contributed by atoms with Crippen LogP contribution in [0.2, 0.25) is 5.02 Å². The molecule has 1 N–H and O–H groups in total. The summed E-state index contributed by atoms with van der Waals surface area (Å²) >= 11 is 7.66. The monoisotopic (exact) mass is 485 g/mol. The van der Waals surface area contributed by atoms with Gasteiger partial charge in [0.1, 0.15) is 16.5 Å². The zero-order chi connectivity index (χ0) is 23.3. The lowest BCUT2D eigenvalue weighted by Gasteiger charge is -2.20. The van der Waals surface area contributed by atoms with Gasteiger partial charge in [0.25, 0.3) is 0 Å². The van der Waals surface area contributed by atoms with E-state index in [0.29, 0.717) is 22.2 Å². The third kappa shape index (κ3) is 5.53. The standard InChI is InChI=1S/C25H28ClN3O3S/c1-31-20-15-21(32-2)19(14-18(20)26)27-22(30)16-33-24-23(17-10-6-5-7-11-17)28-25(29-24)12-8-3-4-9-13-25/h5-7,10-11,14-15H,3-4,8-9,12-13,16H2,1-2H3,(H,27,30). The van der Waals surface area contributed by atoms with Crippen molar-refractivity contribution in [3.8, 4) is 11.5 Å². The molecule has 0 saturated heterocycles. The molecule has 1 spiro atoms. The Labute approximate surface area is 203 Å².